The number of rotatable bonds is 3. The van der Waals surface area contributed by atoms with Crippen LogP contribution in [-0.4, -0.2) is 61.5 Å². The van der Waals surface area contributed by atoms with Crippen molar-refractivity contribution < 1.29 is 14.6 Å². The van der Waals surface area contributed by atoms with Gasteiger partial charge in [-0.25, -0.2) is 4.79 Å². The highest BCUT2D eigenvalue weighted by molar-refractivity contribution is 5.72. The fraction of sp³-hybridized carbons (Fsp3) is 0.500. The van der Waals surface area contributed by atoms with E-state index in [0.717, 1.165) is 61.5 Å². The molecule has 1 fully saturated rings. The number of amides is 1. The molecule has 0 saturated carbocycles. The van der Waals surface area contributed by atoms with Crippen molar-refractivity contribution in [1.82, 2.24) is 24.5 Å². The first-order valence-electron chi connectivity index (χ1n) is 12.5. The average Bonchev–Trinajstić information content (AvgIpc) is 3.47. The van der Waals surface area contributed by atoms with E-state index in [0.29, 0.717) is 31.6 Å². The Hall–Kier alpha value is -3.33. The standard InChI is InChI=1S/C26H32N6O3/c1-17-12-22-18(14-31(17)20-13-27-29(2)15-20)4-3-5-21(22)25-23-16-30(26(33)34)9-6-24(23)32(28-25)19-7-10-35-11-8-19/h3-5,13,15,17,19H,6-12,14,16H2,1-2H3,(H,33,34). The van der Waals surface area contributed by atoms with E-state index in [1.54, 1.807) is 0 Å². The molecule has 1 atom stereocenters. The number of aromatic nitrogens is 4. The van der Waals surface area contributed by atoms with Crippen LogP contribution in [0.2, 0.25) is 0 Å². The van der Waals surface area contributed by atoms with Gasteiger partial charge in [0.25, 0.3) is 0 Å². The lowest BCUT2D eigenvalue weighted by atomic mass is 9.87. The molecule has 1 amide bonds. The Balaban J connectivity index is 1.42. The fourth-order valence-electron chi connectivity index (χ4n) is 5.95. The topological polar surface area (TPSA) is 88.7 Å². The summed E-state index contributed by atoms with van der Waals surface area (Å²) < 4.78 is 9.65. The highest BCUT2D eigenvalue weighted by Gasteiger charge is 2.33. The van der Waals surface area contributed by atoms with Crippen molar-refractivity contribution in [2.24, 2.45) is 7.05 Å². The van der Waals surface area contributed by atoms with Gasteiger partial charge in [0.05, 0.1) is 30.2 Å². The van der Waals surface area contributed by atoms with Crippen molar-refractivity contribution in [3.05, 3.63) is 53.0 Å². The Morgan fingerprint density at radius 1 is 1.17 bits per heavy atom. The van der Waals surface area contributed by atoms with Gasteiger partial charge in [0.15, 0.2) is 0 Å². The Morgan fingerprint density at radius 3 is 2.74 bits per heavy atom. The maximum atomic E-state index is 11.8. The van der Waals surface area contributed by atoms with E-state index >= 15 is 0 Å². The van der Waals surface area contributed by atoms with Crippen LogP contribution in [0.15, 0.2) is 30.6 Å². The number of aryl methyl sites for hydroxylation is 1. The summed E-state index contributed by atoms with van der Waals surface area (Å²) in [5.41, 5.74) is 8.13. The van der Waals surface area contributed by atoms with Crippen LogP contribution in [0.4, 0.5) is 10.5 Å². The molecule has 3 aliphatic rings. The van der Waals surface area contributed by atoms with Crippen LogP contribution in [0.3, 0.4) is 0 Å². The Kier molecular flexibility index (Phi) is 5.51. The second-order valence-electron chi connectivity index (χ2n) is 10.0. The van der Waals surface area contributed by atoms with Crippen LogP contribution in [-0.2, 0) is 37.7 Å². The van der Waals surface area contributed by atoms with Crippen LogP contribution in [0, 0.1) is 0 Å². The molecule has 9 nitrogen and oxygen atoms in total. The third kappa shape index (κ3) is 3.87. The molecular weight excluding hydrogens is 444 g/mol. The normalized spacial score (nSPS) is 20.6. The second-order valence-corrected chi connectivity index (χ2v) is 10.0. The lowest BCUT2D eigenvalue weighted by Gasteiger charge is -2.36. The van der Waals surface area contributed by atoms with E-state index in [-0.39, 0.29) is 0 Å². The van der Waals surface area contributed by atoms with Crippen LogP contribution >= 0.6 is 0 Å². The van der Waals surface area contributed by atoms with E-state index < -0.39 is 6.09 Å². The number of carboxylic acid groups (broad SMARTS) is 1. The summed E-state index contributed by atoms with van der Waals surface area (Å²) in [5, 5.41) is 19.3. The first-order valence-corrected chi connectivity index (χ1v) is 12.5. The van der Waals surface area contributed by atoms with Gasteiger partial charge < -0.3 is 19.6 Å². The summed E-state index contributed by atoms with van der Waals surface area (Å²) in [6.07, 6.45) is 6.63. The summed E-state index contributed by atoms with van der Waals surface area (Å²) in [6.45, 7) is 5.48. The van der Waals surface area contributed by atoms with Crippen LogP contribution in [0.1, 0.15) is 48.2 Å². The summed E-state index contributed by atoms with van der Waals surface area (Å²) in [6, 6.07) is 7.11. The maximum Gasteiger partial charge on any atom is 0.407 e. The molecular formula is C26H32N6O3. The largest absolute Gasteiger partial charge is 0.465 e. The number of fused-ring (bicyclic) bond motifs is 2. The molecule has 5 heterocycles. The predicted octanol–water partition coefficient (Wildman–Crippen LogP) is 3.62. The summed E-state index contributed by atoms with van der Waals surface area (Å²) >= 11 is 0. The van der Waals surface area contributed by atoms with Gasteiger partial charge in [-0.2, -0.15) is 10.2 Å². The smallest absolute Gasteiger partial charge is 0.407 e. The van der Waals surface area contributed by atoms with Gasteiger partial charge in [0, 0.05) is 68.8 Å². The molecule has 6 rings (SSSR count). The Labute approximate surface area is 204 Å². The number of nitrogens with zero attached hydrogens (tertiary/aromatic N) is 6. The van der Waals surface area contributed by atoms with E-state index in [4.69, 9.17) is 9.84 Å². The van der Waals surface area contributed by atoms with Gasteiger partial charge in [-0.15, -0.1) is 0 Å². The van der Waals surface area contributed by atoms with Crippen LogP contribution in [0.25, 0.3) is 11.3 Å². The highest BCUT2D eigenvalue weighted by atomic mass is 16.5. The van der Waals surface area contributed by atoms with Crippen molar-refractivity contribution in [2.75, 3.05) is 24.7 Å². The van der Waals surface area contributed by atoms with Crippen molar-refractivity contribution in [3.63, 3.8) is 0 Å². The Bertz CT molecular complexity index is 1260. The summed E-state index contributed by atoms with van der Waals surface area (Å²) in [4.78, 5) is 15.8. The van der Waals surface area contributed by atoms with E-state index in [2.05, 4.69) is 46.0 Å². The van der Waals surface area contributed by atoms with Gasteiger partial charge in [-0.05, 0) is 37.3 Å². The molecule has 2 aromatic heterocycles. The number of hydrogen-bond donors (Lipinski definition) is 1. The molecule has 1 aromatic carbocycles. The zero-order valence-corrected chi connectivity index (χ0v) is 20.4. The zero-order valence-electron chi connectivity index (χ0n) is 20.4. The first-order chi connectivity index (χ1) is 17.0. The zero-order chi connectivity index (χ0) is 24.1. The minimum Gasteiger partial charge on any atom is -0.465 e. The fourth-order valence-corrected chi connectivity index (χ4v) is 5.95. The predicted molar refractivity (Wildman–Crippen MR) is 131 cm³/mol. The highest BCUT2D eigenvalue weighted by Crippen LogP contribution is 2.39. The van der Waals surface area contributed by atoms with Gasteiger partial charge in [-0.3, -0.25) is 9.36 Å². The number of carbonyl (C=O) groups is 1. The third-order valence-electron chi connectivity index (χ3n) is 7.82. The lowest BCUT2D eigenvalue weighted by molar-refractivity contribution is 0.0650. The number of hydrogen-bond acceptors (Lipinski definition) is 5. The van der Waals surface area contributed by atoms with Crippen LogP contribution < -0.4 is 4.90 Å². The molecule has 3 aromatic rings. The second kappa shape index (κ2) is 8.71. The van der Waals surface area contributed by atoms with E-state index in [1.807, 2.05) is 17.9 Å². The van der Waals surface area contributed by atoms with Crippen molar-refractivity contribution in [2.45, 2.75) is 57.8 Å². The summed E-state index contributed by atoms with van der Waals surface area (Å²) in [7, 11) is 1.95. The maximum absolute atomic E-state index is 11.8. The van der Waals surface area contributed by atoms with Gasteiger partial charge in [-0.1, -0.05) is 18.2 Å². The molecule has 0 radical (unpaired) electrons. The van der Waals surface area contributed by atoms with Gasteiger partial charge in [0.1, 0.15) is 0 Å². The number of anilines is 1. The first kappa shape index (κ1) is 22.2. The number of benzene rings is 1. The monoisotopic (exact) mass is 476 g/mol. The molecule has 1 saturated heterocycles. The molecule has 1 unspecified atom stereocenters. The molecule has 1 N–H and O–H groups in total. The molecule has 0 aliphatic carbocycles. The van der Waals surface area contributed by atoms with Crippen molar-refractivity contribution >= 4 is 11.8 Å². The van der Waals surface area contributed by atoms with Crippen LogP contribution in [0.5, 0.6) is 0 Å². The minimum atomic E-state index is -0.865. The van der Waals surface area contributed by atoms with Gasteiger partial charge >= 0.3 is 6.09 Å². The van der Waals surface area contributed by atoms with E-state index in [1.165, 1.54) is 21.7 Å². The third-order valence-corrected chi connectivity index (χ3v) is 7.82. The molecule has 0 spiro atoms. The molecule has 0 bridgehead atoms. The van der Waals surface area contributed by atoms with Gasteiger partial charge in [0.2, 0.25) is 0 Å². The van der Waals surface area contributed by atoms with Crippen molar-refractivity contribution in [1.29, 1.82) is 0 Å². The lowest BCUT2D eigenvalue weighted by Crippen LogP contribution is -2.38. The molecule has 9 heteroatoms. The summed E-state index contributed by atoms with van der Waals surface area (Å²) in [5.74, 6) is 0. The molecule has 3 aliphatic heterocycles. The van der Waals surface area contributed by atoms with E-state index in [9.17, 15) is 9.90 Å². The number of ether oxygens (including phenoxy) is 1. The molecule has 35 heavy (non-hydrogen) atoms. The minimum absolute atomic E-state index is 0.308. The quantitative estimate of drug-likeness (QED) is 0.621. The SMILES string of the molecule is CC1Cc2c(cccc2-c2nn(C3CCOCC3)c3c2CN(C(=O)O)CC3)CN1c1cnn(C)c1. The Morgan fingerprint density at radius 2 is 2.00 bits per heavy atom. The molecule has 184 valence electrons. The van der Waals surface area contributed by atoms with Crippen molar-refractivity contribution in [3.8, 4) is 11.3 Å². The average molecular weight is 477 g/mol.